The predicted octanol–water partition coefficient (Wildman–Crippen LogP) is 4.58. The molecule has 0 fully saturated rings. The van der Waals surface area contributed by atoms with Crippen LogP contribution in [-0.4, -0.2) is 18.7 Å². The van der Waals surface area contributed by atoms with E-state index in [4.69, 9.17) is 5.73 Å². The molecule has 2 aromatic rings. The van der Waals surface area contributed by atoms with E-state index in [1.165, 1.54) is 0 Å². The summed E-state index contributed by atoms with van der Waals surface area (Å²) in [6.07, 6.45) is 2.62. The number of aryl methyl sites for hydroxylation is 3. The second-order valence-electron chi connectivity index (χ2n) is 8.40. The molecule has 30 heavy (non-hydrogen) atoms. The molecule has 2 N–H and O–H groups in total. The summed E-state index contributed by atoms with van der Waals surface area (Å²) in [6.45, 7) is 12.1. The zero-order valence-electron chi connectivity index (χ0n) is 18.5. The molecule has 1 aliphatic rings. The van der Waals surface area contributed by atoms with Gasteiger partial charge in [0.25, 0.3) is 5.91 Å². The van der Waals surface area contributed by atoms with Crippen molar-refractivity contribution in [3.05, 3.63) is 88.1 Å². The molecule has 0 unspecified atom stereocenters. The van der Waals surface area contributed by atoms with Gasteiger partial charge in [0.15, 0.2) is 0 Å². The first-order valence-electron chi connectivity index (χ1n) is 10.2. The number of carbonyl (C=O) groups is 2. The highest BCUT2D eigenvalue weighted by Crippen LogP contribution is 2.48. The number of carbonyl (C=O) groups excluding carboxylic acids is 2. The van der Waals surface area contributed by atoms with Gasteiger partial charge in [-0.15, -0.1) is 0 Å². The molecule has 0 saturated heterocycles. The van der Waals surface area contributed by atoms with E-state index in [0.717, 1.165) is 44.8 Å². The molecule has 0 radical (unpaired) electrons. The lowest BCUT2D eigenvalue weighted by Gasteiger charge is -2.31. The smallest absolute Gasteiger partial charge is 0.285 e. The van der Waals surface area contributed by atoms with E-state index in [1.807, 2.05) is 39.1 Å². The number of benzene rings is 2. The van der Waals surface area contributed by atoms with Crippen molar-refractivity contribution < 1.29 is 9.59 Å². The van der Waals surface area contributed by atoms with Gasteiger partial charge >= 0.3 is 0 Å². The molecule has 156 valence electrons. The average Bonchev–Trinajstić information content (AvgIpc) is 3.11. The van der Waals surface area contributed by atoms with Crippen molar-refractivity contribution in [2.45, 2.75) is 46.0 Å². The molecule has 1 atom stereocenters. The summed E-state index contributed by atoms with van der Waals surface area (Å²) in [6, 6.07) is 12.2. The first-order chi connectivity index (χ1) is 14.1. The molecule has 4 heteroatoms. The molecule has 0 aromatic heterocycles. The van der Waals surface area contributed by atoms with Gasteiger partial charge in [0.2, 0.25) is 5.78 Å². The number of primary amides is 1. The van der Waals surface area contributed by atoms with Crippen molar-refractivity contribution in [3.8, 4) is 0 Å². The molecule has 1 amide bonds. The first-order valence-corrected chi connectivity index (χ1v) is 10.2. The van der Waals surface area contributed by atoms with Crippen molar-refractivity contribution in [1.82, 2.24) is 0 Å². The summed E-state index contributed by atoms with van der Waals surface area (Å²) >= 11 is 0. The van der Waals surface area contributed by atoms with Crippen molar-refractivity contribution in [2.24, 2.45) is 5.73 Å². The molecule has 0 heterocycles. The number of anilines is 1. The fourth-order valence-corrected chi connectivity index (χ4v) is 4.62. The summed E-state index contributed by atoms with van der Waals surface area (Å²) in [5, 5.41) is 0. The van der Waals surface area contributed by atoms with E-state index in [2.05, 4.69) is 43.5 Å². The van der Waals surface area contributed by atoms with Gasteiger partial charge in [0.05, 0.1) is 5.41 Å². The number of nitrogens with zero attached hydrogens (tertiary/aromatic N) is 1. The standard InChI is InChI=1S/C26H30N2O2/c1-7-20-14-26(24(29)25(27)30,21-10-8-9-17(3)19(21)5)15-23(20)28(6)22-13-16(2)11-12-18(22)4/h7-13H,1,14-15H2,2-6H3,(H2,27,30)/t26-/m0/s1. The van der Waals surface area contributed by atoms with E-state index in [0.29, 0.717) is 12.8 Å². The summed E-state index contributed by atoms with van der Waals surface area (Å²) in [7, 11) is 2.01. The highest BCUT2D eigenvalue weighted by molar-refractivity contribution is 6.39. The maximum atomic E-state index is 13.3. The van der Waals surface area contributed by atoms with Crippen molar-refractivity contribution in [3.63, 3.8) is 0 Å². The first kappa shape index (κ1) is 21.6. The van der Waals surface area contributed by atoms with Gasteiger partial charge in [0, 0.05) is 24.9 Å². The van der Waals surface area contributed by atoms with Gasteiger partial charge in [-0.25, -0.2) is 0 Å². The highest BCUT2D eigenvalue weighted by atomic mass is 16.2. The minimum Gasteiger partial charge on any atom is -0.363 e. The zero-order chi connectivity index (χ0) is 22.2. The van der Waals surface area contributed by atoms with Gasteiger partial charge < -0.3 is 10.6 Å². The molecule has 0 spiro atoms. The van der Waals surface area contributed by atoms with Crippen LogP contribution >= 0.6 is 0 Å². The van der Waals surface area contributed by atoms with Crippen LogP contribution in [-0.2, 0) is 15.0 Å². The monoisotopic (exact) mass is 402 g/mol. The van der Waals surface area contributed by atoms with E-state index < -0.39 is 17.1 Å². The topological polar surface area (TPSA) is 63.4 Å². The van der Waals surface area contributed by atoms with Crippen molar-refractivity contribution in [2.75, 3.05) is 11.9 Å². The highest BCUT2D eigenvalue weighted by Gasteiger charge is 2.49. The number of Topliss-reactive ketones (excluding diaryl/α,β-unsaturated/α-hetero) is 1. The zero-order valence-corrected chi connectivity index (χ0v) is 18.5. The quantitative estimate of drug-likeness (QED) is 0.719. The molecule has 3 rings (SSSR count). The second-order valence-corrected chi connectivity index (χ2v) is 8.40. The predicted molar refractivity (Wildman–Crippen MR) is 123 cm³/mol. The summed E-state index contributed by atoms with van der Waals surface area (Å²) in [4.78, 5) is 27.5. The fraction of sp³-hybridized carbons (Fsp3) is 0.308. The largest absolute Gasteiger partial charge is 0.363 e. The number of allylic oxidation sites excluding steroid dienone is 3. The third-order valence-corrected chi connectivity index (χ3v) is 6.49. The maximum absolute atomic E-state index is 13.3. The van der Waals surface area contributed by atoms with Gasteiger partial charge in [0.1, 0.15) is 0 Å². The lowest BCUT2D eigenvalue weighted by atomic mass is 9.71. The average molecular weight is 403 g/mol. The van der Waals surface area contributed by atoms with Crippen LogP contribution in [0.2, 0.25) is 0 Å². The number of rotatable bonds is 6. The minimum atomic E-state index is -1.01. The van der Waals surface area contributed by atoms with Crippen LogP contribution in [0.5, 0.6) is 0 Å². The lowest BCUT2D eigenvalue weighted by molar-refractivity contribution is -0.139. The Morgan fingerprint density at radius 2 is 1.77 bits per heavy atom. The van der Waals surface area contributed by atoms with Crippen LogP contribution in [0.3, 0.4) is 0 Å². The van der Waals surface area contributed by atoms with E-state index in [1.54, 1.807) is 6.08 Å². The summed E-state index contributed by atoms with van der Waals surface area (Å²) in [5.41, 5.74) is 12.9. The minimum absolute atomic E-state index is 0.407. The van der Waals surface area contributed by atoms with Crippen LogP contribution in [0.25, 0.3) is 0 Å². The fourth-order valence-electron chi connectivity index (χ4n) is 4.62. The van der Waals surface area contributed by atoms with E-state index in [9.17, 15) is 9.59 Å². The molecule has 0 bridgehead atoms. The molecule has 2 aromatic carbocycles. The number of ketones is 1. The van der Waals surface area contributed by atoms with Crippen LogP contribution in [0.4, 0.5) is 5.69 Å². The van der Waals surface area contributed by atoms with Crippen molar-refractivity contribution >= 4 is 17.4 Å². The number of hydrogen-bond donors (Lipinski definition) is 1. The molecule has 4 nitrogen and oxygen atoms in total. The van der Waals surface area contributed by atoms with Crippen LogP contribution < -0.4 is 10.6 Å². The third-order valence-electron chi connectivity index (χ3n) is 6.49. The SMILES string of the molecule is C=CC1=C(N(C)c2cc(C)ccc2C)C[C@](C(=O)C(N)=O)(c2cccc(C)c2C)C1. The Hall–Kier alpha value is -3.14. The van der Waals surface area contributed by atoms with Gasteiger partial charge in [-0.05, 0) is 73.6 Å². The molecular weight excluding hydrogens is 372 g/mol. The Balaban J connectivity index is 2.17. The number of nitrogens with two attached hydrogens (primary N) is 1. The van der Waals surface area contributed by atoms with E-state index >= 15 is 0 Å². The Bertz CT molecular complexity index is 1080. The van der Waals surface area contributed by atoms with Crippen LogP contribution in [0.15, 0.2) is 60.3 Å². The maximum Gasteiger partial charge on any atom is 0.285 e. The molecule has 0 saturated carbocycles. The second kappa shape index (κ2) is 7.94. The van der Waals surface area contributed by atoms with Crippen LogP contribution in [0, 0.1) is 27.7 Å². The Labute approximate surface area is 179 Å². The normalized spacial score (nSPS) is 18.4. The van der Waals surface area contributed by atoms with Gasteiger partial charge in [-0.2, -0.15) is 0 Å². The van der Waals surface area contributed by atoms with Crippen LogP contribution in [0.1, 0.15) is 40.7 Å². The molecule has 0 aliphatic heterocycles. The summed E-state index contributed by atoms with van der Waals surface area (Å²) < 4.78 is 0. The lowest BCUT2D eigenvalue weighted by Crippen LogP contribution is -2.43. The molecular formula is C26H30N2O2. The number of amides is 1. The van der Waals surface area contributed by atoms with Gasteiger partial charge in [-0.1, -0.05) is 43.0 Å². The Kier molecular flexibility index (Phi) is 5.71. The van der Waals surface area contributed by atoms with Gasteiger partial charge in [-0.3, -0.25) is 9.59 Å². The molecule has 1 aliphatic carbocycles. The summed E-state index contributed by atoms with van der Waals surface area (Å²) in [5.74, 6) is -1.44. The Morgan fingerprint density at radius 1 is 1.07 bits per heavy atom. The third kappa shape index (κ3) is 3.47. The number of hydrogen-bond acceptors (Lipinski definition) is 3. The Morgan fingerprint density at radius 3 is 2.40 bits per heavy atom. The van der Waals surface area contributed by atoms with Crippen molar-refractivity contribution in [1.29, 1.82) is 0 Å². The van der Waals surface area contributed by atoms with E-state index in [-0.39, 0.29) is 0 Å².